The Balaban J connectivity index is 1.62. The van der Waals surface area contributed by atoms with Crippen LogP contribution in [-0.2, 0) is 4.79 Å². The van der Waals surface area contributed by atoms with Crippen molar-refractivity contribution in [3.63, 3.8) is 0 Å². The molecule has 26 heavy (non-hydrogen) atoms. The number of hydrogen-bond acceptors (Lipinski definition) is 4. The smallest absolute Gasteiger partial charge is 0.262 e. The number of rotatable bonds is 2. The van der Waals surface area contributed by atoms with Gasteiger partial charge in [0.2, 0.25) is 0 Å². The van der Waals surface area contributed by atoms with Crippen LogP contribution in [-0.4, -0.2) is 43.0 Å². The molecule has 2 heterocycles. The van der Waals surface area contributed by atoms with E-state index in [2.05, 4.69) is 10.6 Å². The molecule has 0 bridgehead atoms. The number of hydrogen-bond donors (Lipinski definition) is 2. The largest absolute Gasteiger partial charge is 0.482 e. The fourth-order valence-electron chi connectivity index (χ4n) is 3.33. The summed E-state index contributed by atoms with van der Waals surface area (Å²) in [5, 5.41) is 6.72. The Bertz CT molecular complexity index is 871. The predicted octanol–water partition coefficient (Wildman–Crippen LogP) is 2.46. The molecule has 2 aromatic carbocycles. The molecule has 0 radical (unpaired) electrons. The highest BCUT2D eigenvalue weighted by molar-refractivity contribution is 6.30. The number of fused-ring (bicyclic) bond motifs is 1. The molecule has 2 aliphatic heterocycles. The van der Waals surface area contributed by atoms with Crippen LogP contribution in [0.5, 0.6) is 5.75 Å². The van der Waals surface area contributed by atoms with E-state index in [1.54, 1.807) is 18.2 Å². The van der Waals surface area contributed by atoms with Gasteiger partial charge in [-0.25, -0.2) is 0 Å². The Morgan fingerprint density at radius 3 is 2.96 bits per heavy atom. The molecule has 6 nitrogen and oxygen atoms in total. The lowest BCUT2D eigenvalue weighted by molar-refractivity contribution is -0.118. The molecule has 7 heteroatoms. The number of nitrogens with zero attached hydrogens (tertiary/aromatic N) is 1. The van der Waals surface area contributed by atoms with Gasteiger partial charge in [0, 0.05) is 30.2 Å². The van der Waals surface area contributed by atoms with Crippen molar-refractivity contribution < 1.29 is 14.3 Å². The van der Waals surface area contributed by atoms with Crippen molar-refractivity contribution in [2.24, 2.45) is 0 Å². The number of halogens is 1. The number of anilines is 1. The normalized spacial score (nSPS) is 19.3. The standard InChI is InChI=1S/C19H18ClN3O3/c20-14-3-1-2-12(8-14)16-10-21-6-7-23(16)19(25)13-4-5-15-17(9-13)26-11-18(24)22-15/h1-5,8-9,16,21H,6-7,10-11H2,(H,22,24). The van der Waals surface area contributed by atoms with Crippen LogP contribution < -0.4 is 15.4 Å². The maximum absolute atomic E-state index is 13.1. The van der Waals surface area contributed by atoms with Gasteiger partial charge in [0.1, 0.15) is 5.75 Å². The molecule has 0 aromatic heterocycles. The van der Waals surface area contributed by atoms with Crippen LogP contribution in [0.1, 0.15) is 22.0 Å². The molecule has 2 N–H and O–H groups in total. The summed E-state index contributed by atoms with van der Waals surface area (Å²) >= 11 is 6.12. The second-order valence-corrected chi connectivity index (χ2v) is 6.76. The molecule has 0 aliphatic carbocycles. The molecule has 2 aliphatic rings. The SMILES string of the molecule is O=C1COc2cc(C(=O)N3CCNCC3c3cccc(Cl)c3)ccc2N1. The number of ether oxygens (including phenoxy) is 1. The number of nitrogens with one attached hydrogen (secondary N) is 2. The van der Waals surface area contributed by atoms with Crippen molar-refractivity contribution in [1.29, 1.82) is 0 Å². The molecule has 1 fully saturated rings. The fraction of sp³-hybridized carbons (Fsp3) is 0.263. The third kappa shape index (κ3) is 3.25. The van der Waals surface area contributed by atoms with Gasteiger partial charge in [0.15, 0.2) is 6.61 Å². The van der Waals surface area contributed by atoms with Crippen LogP contribution in [0.3, 0.4) is 0 Å². The van der Waals surface area contributed by atoms with E-state index in [-0.39, 0.29) is 24.5 Å². The van der Waals surface area contributed by atoms with Gasteiger partial charge in [0.05, 0.1) is 11.7 Å². The monoisotopic (exact) mass is 371 g/mol. The van der Waals surface area contributed by atoms with E-state index in [1.165, 1.54) is 0 Å². The lowest BCUT2D eigenvalue weighted by Crippen LogP contribution is -2.48. The van der Waals surface area contributed by atoms with Crippen molar-refractivity contribution in [1.82, 2.24) is 10.2 Å². The van der Waals surface area contributed by atoms with Crippen LogP contribution in [0.4, 0.5) is 5.69 Å². The van der Waals surface area contributed by atoms with Gasteiger partial charge in [0.25, 0.3) is 11.8 Å². The van der Waals surface area contributed by atoms with Crippen LogP contribution in [0.2, 0.25) is 5.02 Å². The van der Waals surface area contributed by atoms with Crippen molar-refractivity contribution in [3.05, 3.63) is 58.6 Å². The zero-order chi connectivity index (χ0) is 18.1. The highest BCUT2D eigenvalue weighted by Crippen LogP contribution is 2.31. The molecule has 134 valence electrons. The van der Waals surface area contributed by atoms with Crippen LogP contribution in [0.15, 0.2) is 42.5 Å². The van der Waals surface area contributed by atoms with E-state index in [9.17, 15) is 9.59 Å². The van der Waals surface area contributed by atoms with Gasteiger partial charge < -0.3 is 20.3 Å². The number of carbonyl (C=O) groups is 2. The summed E-state index contributed by atoms with van der Waals surface area (Å²) in [6.07, 6.45) is 0. The van der Waals surface area contributed by atoms with Crippen molar-refractivity contribution >= 4 is 29.1 Å². The molecule has 0 saturated carbocycles. The van der Waals surface area contributed by atoms with Gasteiger partial charge in [-0.2, -0.15) is 0 Å². The quantitative estimate of drug-likeness (QED) is 0.850. The fourth-order valence-corrected chi connectivity index (χ4v) is 3.53. The Morgan fingerprint density at radius 2 is 2.12 bits per heavy atom. The van der Waals surface area contributed by atoms with Crippen molar-refractivity contribution in [3.8, 4) is 5.75 Å². The summed E-state index contributed by atoms with van der Waals surface area (Å²) in [6.45, 7) is 1.97. The molecule has 1 unspecified atom stereocenters. The Hall–Kier alpha value is -2.57. The maximum atomic E-state index is 13.1. The minimum atomic E-state index is -0.195. The van der Waals surface area contributed by atoms with E-state index in [4.69, 9.17) is 16.3 Å². The number of amides is 2. The first kappa shape index (κ1) is 16.9. The van der Waals surface area contributed by atoms with E-state index < -0.39 is 0 Å². The first-order valence-electron chi connectivity index (χ1n) is 8.46. The summed E-state index contributed by atoms with van der Waals surface area (Å²) in [5.74, 6) is 0.254. The zero-order valence-electron chi connectivity index (χ0n) is 14.0. The van der Waals surface area contributed by atoms with Gasteiger partial charge in [-0.05, 0) is 35.9 Å². The Morgan fingerprint density at radius 1 is 1.23 bits per heavy atom. The summed E-state index contributed by atoms with van der Waals surface area (Å²) < 4.78 is 5.43. The van der Waals surface area contributed by atoms with Crippen LogP contribution in [0.25, 0.3) is 0 Å². The van der Waals surface area contributed by atoms with Gasteiger partial charge in [-0.1, -0.05) is 23.7 Å². The Labute approximate surface area is 156 Å². The minimum absolute atomic E-state index is 0.0383. The predicted molar refractivity (Wildman–Crippen MR) is 98.7 cm³/mol. The number of benzene rings is 2. The van der Waals surface area contributed by atoms with Crippen LogP contribution in [0, 0.1) is 0 Å². The van der Waals surface area contributed by atoms with E-state index in [1.807, 2.05) is 29.2 Å². The second kappa shape index (κ2) is 6.97. The summed E-state index contributed by atoms with van der Waals surface area (Å²) in [4.78, 5) is 26.4. The van der Waals surface area contributed by atoms with Gasteiger partial charge >= 0.3 is 0 Å². The highest BCUT2D eigenvalue weighted by Gasteiger charge is 2.29. The summed E-state index contributed by atoms with van der Waals surface area (Å²) in [6, 6.07) is 12.6. The number of carbonyl (C=O) groups excluding carboxylic acids is 2. The third-order valence-electron chi connectivity index (χ3n) is 4.60. The topological polar surface area (TPSA) is 70.7 Å². The average molecular weight is 372 g/mol. The Kier molecular flexibility index (Phi) is 4.53. The highest BCUT2D eigenvalue weighted by atomic mass is 35.5. The maximum Gasteiger partial charge on any atom is 0.262 e. The first-order valence-corrected chi connectivity index (χ1v) is 8.83. The minimum Gasteiger partial charge on any atom is -0.482 e. The van der Waals surface area contributed by atoms with Crippen LogP contribution >= 0.6 is 11.6 Å². The van der Waals surface area contributed by atoms with E-state index in [0.29, 0.717) is 35.1 Å². The first-order chi connectivity index (χ1) is 12.6. The molecule has 2 amide bonds. The van der Waals surface area contributed by atoms with Crippen molar-refractivity contribution in [2.75, 3.05) is 31.6 Å². The molecule has 4 rings (SSSR count). The molecular formula is C19H18ClN3O3. The number of piperazine rings is 1. The van der Waals surface area contributed by atoms with E-state index in [0.717, 1.165) is 12.1 Å². The van der Waals surface area contributed by atoms with Gasteiger partial charge in [-0.15, -0.1) is 0 Å². The van der Waals surface area contributed by atoms with Gasteiger partial charge in [-0.3, -0.25) is 9.59 Å². The average Bonchev–Trinajstić information content (AvgIpc) is 2.67. The lowest BCUT2D eigenvalue weighted by Gasteiger charge is -2.37. The zero-order valence-corrected chi connectivity index (χ0v) is 14.8. The molecule has 2 aromatic rings. The molecule has 1 saturated heterocycles. The summed E-state index contributed by atoms with van der Waals surface area (Å²) in [5.41, 5.74) is 2.12. The summed E-state index contributed by atoms with van der Waals surface area (Å²) in [7, 11) is 0. The second-order valence-electron chi connectivity index (χ2n) is 6.32. The third-order valence-corrected chi connectivity index (χ3v) is 4.83. The lowest BCUT2D eigenvalue weighted by atomic mass is 10.0. The van der Waals surface area contributed by atoms with Crippen molar-refractivity contribution in [2.45, 2.75) is 6.04 Å². The van der Waals surface area contributed by atoms with E-state index >= 15 is 0 Å². The molecular weight excluding hydrogens is 354 g/mol. The molecule has 0 spiro atoms. The molecule has 1 atom stereocenters.